The Morgan fingerprint density at radius 1 is 0.370 bits per heavy atom. The van der Waals surface area contributed by atoms with Crippen LogP contribution in [0.15, 0.2) is 12.2 Å². The molecule has 0 fully saturated rings. The molecule has 0 saturated heterocycles. The molecule has 6 nitrogen and oxygen atoms in total. The second-order valence-electron chi connectivity index (χ2n) is 23.2. The molecule has 434 valence electrons. The first-order valence-electron chi connectivity index (χ1n) is 33.5. The van der Waals surface area contributed by atoms with Crippen molar-refractivity contribution in [1.29, 1.82) is 0 Å². The molecule has 0 radical (unpaired) electrons. The van der Waals surface area contributed by atoms with Crippen LogP contribution in [0.4, 0.5) is 0 Å². The first kappa shape index (κ1) is 71.6. The van der Waals surface area contributed by atoms with Crippen molar-refractivity contribution in [3.05, 3.63) is 12.2 Å². The van der Waals surface area contributed by atoms with Crippen LogP contribution < -0.4 is 5.32 Å². The fourth-order valence-electron chi connectivity index (χ4n) is 10.7. The van der Waals surface area contributed by atoms with Crippen molar-refractivity contribution in [1.82, 2.24) is 5.32 Å². The number of unbranched alkanes of at least 4 members (excludes halogenated alkanes) is 52. The summed E-state index contributed by atoms with van der Waals surface area (Å²) in [6.45, 7) is 4.92. The summed E-state index contributed by atoms with van der Waals surface area (Å²) in [5.74, 6) is -0.0408. The van der Waals surface area contributed by atoms with Gasteiger partial charge in [-0.25, -0.2) is 0 Å². The van der Waals surface area contributed by atoms with Crippen LogP contribution in [0.2, 0.25) is 0 Å². The summed E-state index contributed by atoms with van der Waals surface area (Å²) in [7, 11) is 0. The first-order chi connectivity index (χ1) is 36.0. The molecule has 0 aromatic carbocycles. The predicted octanol–water partition coefficient (Wildman–Crippen LogP) is 21.2. The minimum Gasteiger partial charge on any atom is -0.466 e. The van der Waals surface area contributed by atoms with E-state index in [4.69, 9.17) is 4.74 Å². The molecule has 0 aliphatic carbocycles. The molecule has 0 aliphatic rings. The molecule has 0 aliphatic heterocycles. The van der Waals surface area contributed by atoms with Gasteiger partial charge < -0.3 is 20.3 Å². The normalized spacial score (nSPS) is 12.5. The van der Waals surface area contributed by atoms with Crippen LogP contribution in [0.3, 0.4) is 0 Å². The van der Waals surface area contributed by atoms with Crippen molar-refractivity contribution in [2.24, 2.45) is 0 Å². The Balaban J connectivity index is 3.30. The molecule has 0 rings (SSSR count). The number of esters is 1. The minimum absolute atomic E-state index is 0.0237. The zero-order valence-electron chi connectivity index (χ0n) is 49.6. The molecule has 0 saturated carbocycles. The second kappa shape index (κ2) is 63.1. The lowest BCUT2D eigenvalue weighted by Crippen LogP contribution is -2.45. The summed E-state index contributed by atoms with van der Waals surface area (Å²) < 4.78 is 5.51. The van der Waals surface area contributed by atoms with Crippen molar-refractivity contribution in [3.63, 3.8) is 0 Å². The highest BCUT2D eigenvalue weighted by atomic mass is 16.5. The van der Waals surface area contributed by atoms with Gasteiger partial charge in [0.25, 0.3) is 0 Å². The molecule has 0 heterocycles. The fraction of sp³-hybridized carbons (Fsp3) is 0.940. The van der Waals surface area contributed by atoms with E-state index in [0.29, 0.717) is 19.4 Å². The summed E-state index contributed by atoms with van der Waals surface area (Å²) in [4.78, 5) is 24.5. The molecular weight excluding hydrogens is 899 g/mol. The molecule has 1 amide bonds. The number of ether oxygens (including phenoxy) is 1. The van der Waals surface area contributed by atoms with Crippen LogP contribution in [-0.2, 0) is 14.3 Å². The van der Waals surface area contributed by atoms with Crippen LogP contribution in [0.25, 0.3) is 0 Å². The van der Waals surface area contributed by atoms with E-state index in [1.54, 1.807) is 6.08 Å². The van der Waals surface area contributed by atoms with Crippen molar-refractivity contribution in [2.75, 3.05) is 13.2 Å². The van der Waals surface area contributed by atoms with Gasteiger partial charge in [-0.2, -0.15) is 0 Å². The molecule has 2 unspecified atom stereocenters. The largest absolute Gasteiger partial charge is 0.466 e. The third kappa shape index (κ3) is 59.7. The Hall–Kier alpha value is -1.40. The topological polar surface area (TPSA) is 95.9 Å². The number of carbonyl (C=O) groups excluding carboxylic acids is 2. The highest BCUT2D eigenvalue weighted by molar-refractivity contribution is 5.76. The SMILES string of the molecule is CCCCCCCCCC/C=C/C(O)C(CO)NC(=O)CCCCCCCCCCCCCCCCCCCCCCCCCCCCCCCOC(=O)CCCCCCCCCCCCCCCCCCC. The summed E-state index contributed by atoms with van der Waals surface area (Å²) in [6.07, 6.45) is 77.2. The standard InChI is InChI=1S/C67H131NO5/c1-3-5-7-9-11-13-15-16-17-31-35-38-41-45-49-53-57-61-67(72)73-62-58-54-50-46-42-39-36-33-30-28-26-24-22-20-18-19-21-23-25-27-29-32-34-37-40-44-48-52-56-60-66(71)68-64(63-69)65(70)59-55-51-47-43-14-12-10-8-6-4-2/h55,59,64-65,69-70H,3-54,56-58,60-63H2,1-2H3,(H,68,71)/b59-55+. The summed E-state index contributed by atoms with van der Waals surface area (Å²) >= 11 is 0. The van der Waals surface area contributed by atoms with E-state index < -0.39 is 12.1 Å². The lowest BCUT2D eigenvalue weighted by Gasteiger charge is -2.20. The zero-order valence-corrected chi connectivity index (χ0v) is 49.6. The maximum atomic E-state index is 12.4. The van der Waals surface area contributed by atoms with Gasteiger partial charge in [0.1, 0.15) is 0 Å². The van der Waals surface area contributed by atoms with E-state index >= 15 is 0 Å². The third-order valence-electron chi connectivity index (χ3n) is 15.8. The Morgan fingerprint density at radius 2 is 0.630 bits per heavy atom. The van der Waals surface area contributed by atoms with E-state index in [0.717, 1.165) is 38.5 Å². The number of aliphatic hydroxyl groups is 2. The van der Waals surface area contributed by atoms with Crippen LogP contribution >= 0.6 is 0 Å². The van der Waals surface area contributed by atoms with Gasteiger partial charge in [-0.15, -0.1) is 0 Å². The number of hydrogen-bond acceptors (Lipinski definition) is 5. The molecule has 0 aromatic rings. The van der Waals surface area contributed by atoms with E-state index in [1.165, 1.54) is 315 Å². The van der Waals surface area contributed by atoms with Gasteiger partial charge in [0, 0.05) is 12.8 Å². The lowest BCUT2D eigenvalue weighted by atomic mass is 10.0. The summed E-state index contributed by atoms with van der Waals surface area (Å²) in [5, 5.41) is 23.0. The van der Waals surface area contributed by atoms with Crippen molar-refractivity contribution >= 4 is 11.9 Å². The Bertz CT molecular complexity index is 1100. The van der Waals surface area contributed by atoms with Crippen molar-refractivity contribution < 1.29 is 24.5 Å². The number of nitrogens with one attached hydrogen (secondary N) is 1. The number of amides is 1. The van der Waals surface area contributed by atoms with E-state index in [9.17, 15) is 19.8 Å². The van der Waals surface area contributed by atoms with Gasteiger partial charge in [-0.1, -0.05) is 347 Å². The molecule has 73 heavy (non-hydrogen) atoms. The molecule has 6 heteroatoms. The van der Waals surface area contributed by atoms with Crippen LogP contribution in [-0.4, -0.2) is 47.4 Å². The van der Waals surface area contributed by atoms with Gasteiger partial charge in [-0.05, 0) is 32.1 Å². The number of aliphatic hydroxyl groups excluding tert-OH is 2. The smallest absolute Gasteiger partial charge is 0.305 e. The number of allylic oxidation sites excluding steroid dienone is 1. The average Bonchev–Trinajstić information content (AvgIpc) is 3.39. The van der Waals surface area contributed by atoms with Gasteiger partial charge in [-0.3, -0.25) is 9.59 Å². The number of carbonyl (C=O) groups is 2. The van der Waals surface area contributed by atoms with E-state index in [2.05, 4.69) is 19.2 Å². The van der Waals surface area contributed by atoms with Crippen molar-refractivity contribution in [3.8, 4) is 0 Å². The van der Waals surface area contributed by atoms with E-state index in [1.807, 2.05) is 6.08 Å². The van der Waals surface area contributed by atoms with Gasteiger partial charge in [0.2, 0.25) is 5.91 Å². The quantitative estimate of drug-likeness (QED) is 0.0320. The third-order valence-corrected chi connectivity index (χ3v) is 15.8. The molecule has 0 spiro atoms. The van der Waals surface area contributed by atoms with Gasteiger partial charge >= 0.3 is 5.97 Å². The molecule has 0 bridgehead atoms. The van der Waals surface area contributed by atoms with E-state index in [-0.39, 0.29) is 18.5 Å². The van der Waals surface area contributed by atoms with Crippen LogP contribution in [0.1, 0.15) is 380 Å². The monoisotopic (exact) mass is 1030 g/mol. The highest BCUT2D eigenvalue weighted by Gasteiger charge is 2.18. The molecule has 3 N–H and O–H groups in total. The summed E-state index contributed by atoms with van der Waals surface area (Å²) in [5.41, 5.74) is 0. The highest BCUT2D eigenvalue weighted by Crippen LogP contribution is 2.19. The lowest BCUT2D eigenvalue weighted by molar-refractivity contribution is -0.143. The minimum atomic E-state index is -0.839. The average molecular weight is 1030 g/mol. The maximum absolute atomic E-state index is 12.4. The van der Waals surface area contributed by atoms with Crippen LogP contribution in [0.5, 0.6) is 0 Å². The Labute approximate surface area is 457 Å². The number of rotatable bonds is 63. The molecule has 0 aromatic heterocycles. The predicted molar refractivity (Wildman–Crippen MR) is 320 cm³/mol. The van der Waals surface area contributed by atoms with Gasteiger partial charge in [0.05, 0.1) is 25.4 Å². The summed E-state index contributed by atoms with van der Waals surface area (Å²) in [6, 6.07) is -0.622. The number of hydrogen-bond donors (Lipinski definition) is 3. The Morgan fingerprint density at radius 3 is 0.932 bits per heavy atom. The molecular formula is C67H131NO5. The van der Waals surface area contributed by atoms with Crippen molar-refractivity contribution in [2.45, 2.75) is 392 Å². The molecule has 2 atom stereocenters. The second-order valence-corrected chi connectivity index (χ2v) is 23.2. The van der Waals surface area contributed by atoms with Crippen LogP contribution in [0, 0.1) is 0 Å². The first-order valence-corrected chi connectivity index (χ1v) is 33.5. The van der Waals surface area contributed by atoms with Gasteiger partial charge in [0.15, 0.2) is 0 Å². The maximum Gasteiger partial charge on any atom is 0.305 e. The fourth-order valence-corrected chi connectivity index (χ4v) is 10.7. The Kier molecular flexibility index (Phi) is 61.9. The zero-order chi connectivity index (χ0) is 52.9.